The van der Waals surface area contributed by atoms with Gasteiger partial charge in [0, 0.05) is 31.7 Å². The second-order valence-corrected chi connectivity index (χ2v) is 8.14. The standard InChI is InChI=1S/C19H22N2O3S/c1-16-7-5-6-10-19(16)25(23,24)21-13-11-20(12-14-21)15-18(22)17-8-3-2-4-9-17/h2-10H,11-15H2,1H3. The highest BCUT2D eigenvalue weighted by Gasteiger charge is 2.29. The van der Waals surface area contributed by atoms with Crippen molar-refractivity contribution in [3.8, 4) is 0 Å². The molecule has 1 aliphatic heterocycles. The maximum Gasteiger partial charge on any atom is 0.243 e. The van der Waals surface area contributed by atoms with Gasteiger partial charge in [0.05, 0.1) is 11.4 Å². The Morgan fingerprint density at radius 1 is 0.920 bits per heavy atom. The quantitative estimate of drug-likeness (QED) is 0.769. The van der Waals surface area contributed by atoms with Crippen LogP contribution in [-0.2, 0) is 10.0 Å². The van der Waals surface area contributed by atoms with Gasteiger partial charge in [-0.15, -0.1) is 0 Å². The summed E-state index contributed by atoms with van der Waals surface area (Å²) in [5.74, 6) is 0.0656. The Hall–Kier alpha value is -2.02. The number of Topliss-reactive ketones (excluding diaryl/α,β-unsaturated/α-hetero) is 1. The lowest BCUT2D eigenvalue weighted by Gasteiger charge is -2.33. The molecule has 0 radical (unpaired) electrons. The minimum Gasteiger partial charge on any atom is -0.293 e. The number of aryl methyl sites for hydroxylation is 1. The molecule has 1 aliphatic rings. The third-order valence-electron chi connectivity index (χ3n) is 4.51. The Labute approximate surface area is 148 Å². The molecule has 2 aromatic rings. The Morgan fingerprint density at radius 2 is 1.52 bits per heavy atom. The van der Waals surface area contributed by atoms with Crippen LogP contribution >= 0.6 is 0 Å². The average Bonchev–Trinajstić information content (AvgIpc) is 2.63. The van der Waals surface area contributed by atoms with Crippen LogP contribution < -0.4 is 0 Å². The van der Waals surface area contributed by atoms with Crippen molar-refractivity contribution in [3.05, 3.63) is 65.7 Å². The molecule has 0 saturated carbocycles. The number of piperazine rings is 1. The van der Waals surface area contributed by atoms with Gasteiger partial charge < -0.3 is 0 Å². The second kappa shape index (κ2) is 7.47. The van der Waals surface area contributed by atoms with Crippen molar-refractivity contribution in [2.75, 3.05) is 32.7 Å². The van der Waals surface area contributed by atoms with E-state index in [0.717, 1.165) is 5.56 Å². The van der Waals surface area contributed by atoms with Gasteiger partial charge in [-0.2, -0.15) is 4.31 Å². The van der Waals surface area contributed by atoms with Crippen LogP contribution in [0.25, 0.3) is 0 Å². The Bertz CT molecular complexity index is 842. The number of hydrogen-bond donors (Lipinski definition) is 0. The molecule has 0 N–H and O–H groups in total. The first-order valence-electron chi connectivity index (χ1n) is 8.35. The van der Waals surface area contributed by atoms with Crippen LogP contribution in [0, 0.1) is 6.92 Å². The molecule has 3 rings (SSSR count). The number of hydrogen-bond acceptors (Lipinski definition) is 4. The topological polar surface area (TPSA) is 57.7 Å². The Balaban J connectivity index is 1.62. The van der Waals surface area contributed by atoms with Crippen molar-refractivity contribution in [3.63, 3.8) is 0 Å². The lowest BCUT2D eigenvalue weighted by Crippen LogP contribution is -2.49. The van der Waals surface area contributed by atoms with E-state index in [-0.39, 0.29) is 5.78 Å². The van der Waals surface area contributed by atoms with E-state index in [1.165, 1.54) is 4.31 Å². The predicted octanol–water partition coefficient (Wildman–Crippen LogP) is 2.18. The molecule has 0 aliphatic carbocycles. The summed E-state index contributed by atoms with van der Waals surface area (Å²) in [7, 11) is -3.48. The normalized spacial score (nSPS) is 16.7. The van der Waals surface area contributed by atoms with Crippen molar-refractivity contribution in [1.29, 1.82) is 0 Å². The van der Waals surface area contributed by atoms with Crippen molar-refractivity contribution in [2.45, 2.75) is 11.8 Å². The van der Waals surface area contributed by atoms with Gasteiger partial charge in [0.1, 0.15) is 0 Å². The molecule has 0 amide bonds. The summed E-state index contributed by atoms with van der Waals surface area (Å²) in [5, 5.41) is 0. The molecular weight excluding hydrogens is 336 g/mol. The van der Waals surface area contributed by atoms with E-state index >= 15 is 0 Å². The van der Waals surface area contributed by atoms with E-state index in [4.69, 9.17) is 0 Å². The highest BCUT2D eigenvalue weighted by atomic mass is 32.2. The molecule has 1 fully saturated rings. The Morgan fingerprint density at radius 3 is 2.16 bits per heavy atom. The molecule has 0 atom stereocenters. The molecule has 25 heavy (non-hydrogen) atoms. The summed E-state index contributed by atoms with van der Waals surface area (Å²) in [6, 6.07) is 16.2. The van der Waals surface area contributed by atoms with Gasteiger partial charge in [-0.3, -0.25) is 9.69 Å². The van der Waals surface area contributed by atoms with E-state index in [0.29, 0.717) is 43.2 Å². The molecule has 1 heterocycles. The number of nitrogens with zero attached hydrogens (tertiary/aromatic N) is 2. The summed E-state index contributed by atoms with van der Waals surface area (Å²) < 4.78 is 27.1. The highest BCUT2D eigenvalue weighted by Crippen LogP contribution is 2.20. The molecule has 0 aromatic heterocycles. The third kappa shape index (κ3) is 3.98. The van der Waals surface area contributed by atoms with Gasteiger partial charge >= 0.3 is 0 Å². The van der Waals surface area contributed by atoms with Crippen LogP contribution in [0.4, 0.5) is 0 Å². The maximum atomic E-state index is 12.8. The summed E-state index contributed by atoms with van der Waals surface area (Å²) in [4.78, 5) is 14.7. The smallest absolute Gasteiger partial charge is 0.243 e. The van der Waals surface area contributed by atoms with Gasteiger partial charge in [0.15, 0.2) is 5.78 Å². The van der Waals surface area contributed by atoms with E-state index in [2.05, 4.69) is 0 Å². The van der Waals surface area contributed by atoms with Crippen molar-refractivity contribution in [1.82, 2.24) is 9.21 Å². The zero-order chi connectivity index (χ0) is 17.9. The van der Waals surface area contributed by atoms with Crippen LogP contribution in [0.1, 0.15) is 15.9 Å². The zero-order valence-electron chi connectivity index (χ0n) is 14.3. The number of carbonyl (C=O) groups is 1. The first-order chi connectivity index (χ1) is 12.0. The molecular formula is C19H22N2O3S. The summed E-state index contributed by atoms with van der Waals surface area (Å²) >= 11 is 0. The molecule has 2 aromatic carbocycles. The lowest BCUT2D eigenvalue weighted by atomic mass is 10.1. The van der Waals surface area contributed by atoms with Gasteiger partial charge in [-0.25, -0.2) is 8.42 Å². The zero-order valence-corrected chi connectivity index (χ0v) is 15.1. The highest BCUT2D eigenvalue weighted by molar-refractivity contribution is 7.89. The average molecular weight is 358 g/mol. The fraction of sp³-hybridized carbons (Fsp3) is 0.316. The summed E-state index contributed by atoms with van der Waals surface area (Å²) in [5.41, 5.74) is 1.45. The monoisotopic (exact) mass is 358 g/mol. The minimum atomic E-state index is -3.48. The summed E-state index contributed by atoms with van der Waals surface area (Å²) in [6.45, 7) is 4.05. The van der Waals surface area contributed by atoms with Crippen LogP contribution in [0.2, 0.25) is 0 Å². The van der Waals surface area contributed by atoms with Crippen LogP contribution in [-0.4, -0.2) is 56.1 Å². The molecule has 0 unspecified atom stereocenters. The lowest BCUT2D eigenvalue weighted by molar-refractivity contribution is 0.0901. The number of ketones is 1. The number of sulfonamides is 1. The van der Waals surface area contributed by atoms with Crippen LogP contribution in [0.3, 0.4) is 0 Å². The third-order valence-corrected chi connectivity index (χ3v) is 6.56. The molecule has 0 bridgehead atoms. The maximum absolute atomic E-state index is 12.8. The van der Waals surface area contributed by atoms with E-state index in [1.807, 2.05) is 42.2 Å². The van der Waals surface area contributed by atoms with Crippen LogP contribution in [0.15, 0.2) is 59.5 Å². The largest absolute Gasteiger partial charge is 0.293 e. The fourth-order valence-electron chi connectivity index (χ4n) is 3.03. The summed E-state index contributed by atoms with van der Waals surface area (Å²) in [6.07, 6.45) is 0. The van der Waals surface area contributed by atoms with E-state index in [1.54, 1.807) is 24.3 Å². The first kappa shape index (κ1) is 17.8. The number of rotatable bonds is 5. The SMILES string of the molecule is Cc1ccccc1S(=O)(=O)N1CCN(CC(=O)c2ccccc2)CC1. The van der Waals surface area contributed by atoms with Crippen molar-refractivity contribution in [2.24, 2.45) is 0 Å². The first-order valence-corrected chi connectivity index (χ1v) is 9.79. The van der Waals surface area contributed by atoms with Crippen molar-refractivity contribution < 1.29 is 13.2 Å². The molecule has 0 spiro atoms. The van der Waals surface area contributed by atoms with Gasteiger partial charge in [0.25, 0.3) is 0 Å². The Kier molecular flexibility index (Phi) is 5.32. The number of benzene rings is 2. The van der Waals surface area contributed by atoms with E-state index in [9.17, 15) is 13.2 Å². The van der Waals surface area contributed by atoms with Gasteiger partial charge in [-0.05, 0) is 18.6 Å². The van der Waals surface area contributed by atoms with Gasteiger partial charge in [0.2, 0.25) is 10.0 Å². The molecule has 6 heteroatoms. The minimum absolute atomic E-state index is 0.0656. The molecule has 5 nitrogen and oxygen atoms in total. The van der Waals surface area contributed by atoms with Gasteiger partial charge in [-0.1, -0.05) is 48.5 Å². The van der Waals surface area contributed by atoms with Crippen molar-refractivity contribution >= 4 is 15.8 Å². The molecule has 1 saturated heterocycles. The van der Waals surface area contributed by atoms with Crippen LogP contribution in [0.5, 0.6) is 0 Å². The molecule has 132 valence electrons. The second-order valence-electron chi connectivity index (χ2n) is 6.23. The fourth-order valence-corrected chi connectivity index (χ4v) is 4.68. The van der Waals surface area contributed by atoms with E-state index < -0.39 is 10.0 Å². The number of carbonyl (C=O) groups excluding carboxylic acids is 1. The predicted molar refractivity (Wildman–Crippen MR) is 97.2 cm³/mol.